The maximum atomic E-state index is 13.3. The Bertz CT molecular complexity index is 634. The standard InChI is InChI=1S/C21H28N2OS/c24-21-19(25-16-7-2-1-3-8-16)11-10-18-17-9-5-13-22-12-4-6-15(20(17)22)14-23(18)21/h1-3,7-8,15,17-20H,4-6,9-14H2/t15-,17+,18+,19?,20-/m0/s1. The molecule has 5 rings (SSSR count). The first-order valence-corrected chi connectivity index (χ1v) is 11.0. The molecule has 4 fully saturated rings. The van der Waals surface area contributed by atoms with Crippen LogP contribution in [0.2, 0.25) is 0 Å². The van der Waals surface area contributed by atoms with E-state index in [4.69, 9.17) is 0 Å². The van der Waals surface area contributed by atoms with E-state index in [1.165, 1.54) is 50.1 Å². The van der Waals surface area contributed by atoms with Crippen LogP contribution in [-0.2, 0) is 4.79 Å². The molecule has 0 aromatic heterocycles. The van der Waals surface area contributed by atoms with Crippen LogP contribution in [0.15, 0.2) is 35.2 Å². The third-order valence-electron chi connectivity index (χ3n) is 6.98. The fourth-order valence-electron chi connectivity index (χ4n) is 6.02. The lowest BCUT2D eigenvalue weighted by atomic mass is 9.68. The highest BCUT2D eigenvalue weighted by atomic mass is 32.2. The van der Waals surface area contributed by atoms with Crippen molar-refractivity contribution in [2.75, 3.05) is 19.6 Å². The molecule has 4 aliphatic rings. The van der Waals surface area contributed by atoms with Crippen LogP contribution >= 0.6 is 11.8 Å². The van der Waals surface area contributed by atoms with E-state index in [9.17, 15) is 4.79 Å². The third kappa shape index (κ3) is 2.82. The number of hydrogen-bond acceptors (Lipinski definition) is 3. The lowest BCUT2D eigenvalue weighted by Crippen LogP contribution is -2.67. The second-order valence-electron chi connectivity index (χ2n) is 8.29. The Kier molecular flexibility index (Phi) is 4.29. The molecule has 1 amide bonds. The van der Waals surface area contributed by atoms with E-state index < -0.39 is 0 Å². The Balaban J connectivity index is 1.36. The Morgan fingerprint density at radius 3 is 2.60 bits per heavy atom. The smallest absolute Gasteiger partial charge is 0.236 e. The summed E-state index contributed by atoms with van der Waals surface area (Å²) in [5.74, 6) is 1.88. The zero-order valence-electron chi connectivity index (χ0n) is 14.8. The fourth-order valence-corrected chi connectivity index (χ4v) is 7.15. The molecule has 1 unspecified atom stereocenters. The van der Waals surface area contributed by atoms with E-state index in [0.717, 1.165) is 30.8 Å². The van der Waals surface area contributed by atoms with E-state index in [2.05, 4.69) is 34.1 Å². The summed E-state index contributed by atoms with van der Waals surface area (Å²) in [6.07, 6.45) is 7.57. The van der Waals surface area contributed by atoms with Gasteiger partial charge in [0, 0.05) is 23.5 Å². The molecule has 3 nitrogen and oxygen atoms in total. The molecule has 1 aromatic carbocycles. The minimum atomic E-state index is 0.124. The fraction of sp³-hybridized carbons (Fsp3) is 0.667. The van der Waals surface area contributed by atoms with Crippen molar-refractivity contribution in [3.63, 3.8) is 0 Å². The summed E-state index contributed by atoms with van der Waals surface area (Å²) in [6.45, 7) is 3.61. The molecule has 4 aliphatic heterocycles. The van der Waals surface area contributed by atoms with E-state index in [0.29, 0.717) is 11.9 Å². The van der Waals surface area contributed by atoms with Gasteiger partial charge in [-0.05, 0) is 75.6 Å². The quantitative estimate of drug-likeness (QED) is 0.808. The second kappa shape index (κ2) is 6.62. The number of carbonyl (C=O) groups excluding carboxylic acids is 1. The Morgan fingerprint density at radius 2 is 1.76 bits per heavy atom. The molecule has 0 bridgehead atoms. The van der Waals surface area contributed by atoms with Crippen LogP contribution in [0, 0.1) is 11.8 Å². The maximum absolute atomic E-state index is 13.3. The molecule has 4 saturated heterocycles. The Hall–Kier alpha value is -1.00. The van der Waals surface area contributed by atoms with Gasteiger partial charge in [0.05, 0.1) is 5.25 Å². The number of piperidine rings is 4. The summed E-state index contributed by atoms with van der Waals surface area (Å²) < 4.78 is 0. The Morgan fingerprint density at radius 1 is 0.960 bits per heavy atom. The van der Waals surface area contributed by atoms with Gasteiger partial charge in [0.25, 0.3) is 0 Å². The van der Waals surface area contributed by atoms with Crippen molar-refractivity contribution < 1.29 is 4.79 Å². The molecule has 25 heavy (non-hydrogen) atoms. The number of fused-ring (bicyclic) bond motifs is 2. The van der Waals surface area contributed by atoms with Crippen LogP contribution in [0.1, 0.15) is 38.5 Å². The van der Waals surface area contributed by atoms with Gasteiger partial charge in [-0.2, -0.15) is 0 Å². The molecule has 0 N–H and O–H groups in total. The van der Waals surface area contributed by atoms with Crippen LogP contribution in [0.4, 0.5) is 0 Å². The summed E-state index contributed by atoms with van der Waals surface area (Å²) in [5, 5.41) is 0.124. The highest BCUT2D eigenvalue weighted by Crippen LogP contribution is 2.46. The summed E-state index contributed by atoms with van der Waals surface area (Å²) in [4.78, 5) is 19.6. The van der Waals surface area contributed by atoms with Crippen LogP contribution < -0.4 is 0 Å². The number of rotatable bonds is 2. The molecule has 0 radical (unpaired) electrons. The number of amides is 1. The molecular formula is C21H28N2OS. The number of thioether (sulfide) groups is 1. The van der Waals surface area contributed by atoms with Crippen LogP contribution in [-0.4, -0.2) is 52.7 Å². The molecule has 0 aliphatic carbocycles. The second-order valence-corrected chi connectivity index (χ2v) is 9.57. The SMILES string of the molecule is O=C1C(Sc2ccccc2)CC[C@@H]2[C@H]3CCCN4CCC[C@@H](CN12)[C@@H]34. The predicted molar refractivity (Wildman–Crippen MR) is 102 cm³/mol. The predicted octanol–water partition coefficient (Wildman–Crippen LogP) is 3.64. The number of hydrogen-bond donors (Lipinski definition) is 0. The van der Waals surface area contributed by atoms with Gasteiger partial charge in [0.1, 0.15) is 0 Å². The highest BCUT2D eigenvalue weighted by Gasteiger charge is 2.51. The minimum Gasteiger partial charge on any atom is -0.338 e. The van der Waals surface area contributed by atoms with Gasteiger partial charge in [-0.15, -0.1) is 11.8 Å². The largest absolute Gasteiger partial charge is 0.338 e. The molecule has 4 heterocycles. The van der Waals surface area contributed by atoms with E-state index >= 15 is 0 Å². The van der Waals surface area contributed by atoms with Gasteiger partial charge in [0.2, 0.25) is 5.91 Å². The van der Waals surface area contributed by atoms with E-state index in [1.54, 1.807) is 11.8 Å². The molecular weight excluding hydrogens is 328 g/mol. The molecule has 0 spiro atoms. The van der Waals surface area contributed by atoms with E-state index in [-0.39, 0.29) is 5.25 Å². The van der Waals surface area contributed by atoms with Crippen LogP contribution in [0.5, 0.6) is 0 Å². The summed E-state index contributed by atoms with van der Waals surface area (Å²) in [7, 11) is 0. The topological polar surface area (TPSA) is 23.6 Å². The monoisotopic (exact) mass is 356 g/mol. The van der Waals surface area contributed by atoms with Crippen molar-refractivity contribution >= 4 is 17.7 Å². The minimum absolute atomic E-state index is 0.124. The first kappa shape index (κ1) is 16.2. The van der Waals surface area contributed by atoms with Gasteiger partial charge in [-0.3, -0.25) is 9.69 Å². The summed E-state index contributed by atoms with van der Waals surface area (Å²) in [6, 6.07) is 11.8. The number of nitrogens with zero attached hydrogens (tertiary/aromatic N) is 2. The third-order valence-corrected chi connectivity index (χ3v) is 8.24. The van der Waals surface area contributed by atoms with Crippen molar-refractivity contribution in [1.82, 2.24) is 9.80 Å². The van der Waals surface area contributed by atoms with Crippen molar-refractivity contribution in [3.05, 3.63) is 30.3 Å². The summed E-state index contributed by atoms with van der Waals surface area (Å²) in [5.41, 5.74) is 0. The van der Waals surface area contributed by atoms with Gasteiger partial charge in [-0.25, -0.2) is 0 Å². The lowest BCUT2D eigenvalue weighted by Gasteiger charge is -2.59. The number of carbonyl (C=O) groups is 1. The average Bonchev–Trinajstić information content (AvgIpc) is 2.66. The zero-order valence-corrected chi connectivity index (χ0v) is 15.7. The molecule has 134 valence electrons. The van der Waals surface area contributed by atoms with Gasteiger partial charge in [0.15, 0.2) is 0 Å². The van der Waals surface area contributed by atoms with Crippen LogP contribution in [0.3, 0.4) is 0 Å². The first-order valence-electron chi connectivity index (χ1n) is 10.1. The van der Waals surface area contributed by atoms with Gasteiger partial charge in [-0.1, -0.05) is 18.2 Å². The van der Waals surface area contributed by atoms with Crippen molar-refractivity contribution in [2.24, 2.45) is 11.8 Å². The molecule has 4 heteroatoms. The van der Waals surface area contributed by atoms with Gasteiger partial charge >= 0.3 is 0 Å². The molecule has 5 atom stereocenters. The normalized spacial score (nSPS) is 38.2. The average molecular weight is 357 g/mol. The first-order chi connectivity index (χ1) is 12.3. The number of benzene rings is 1. The molecule has 0 saturated carbocycles. The lowest BCUT2D eigenvalue weighted by molar-refractivity contribution is -0.150. The van der Waals surface area contributed by atoms with Crippen LogP contribution in [0.25, 0.3) is 0 Å². The summed E-state index contributed by atoms with van der Waals surface area (Å²) >= 11 is 1.78. The van der Waals surface area contributed by atoms with Crippen molar-refractivity contribution in [1.29, 1.82) is 0 Å². The zero-order chi connectivity index (χ0) is 16.8. The van der Waals surface area contributed by atoms with Crippen molar-refractivity contribution in [2.45, 2.75) is 60.8 Å². The van der Waals surface area contributed by atoms with Gasteiger partial charge < -0.3 is 4.90 Å². The maximum Gasteiger partial charge on any atom is 0.236 e. The van der Waals surface area contributed by atoms with E-state index in [1.807, 2.05) is 6.07 Å². The molecule has 1 aromatic rings. The highest BCUT2D eigenvalue weighted by molar-refractivity contribution is 8.00. The Labute approximate surface area is 155 Å². The van der Waals surface area contributed by atoms with Crippen molar-refractivity contribution in [3.8, 4) is 0 Å².